The lowest BCUT2D eigenvalue weighted by Crippen LogP contribution is -2.30. The van der Waals surface area contributed by atoms with Crippen LogP contribution in [0, 0.1) is 23.7 Å². The number of aliphatic hydroxyl groups is 1. The quantitative estimate of drug-likeness (QED) is 0.0222. The fourth-order valence-electron chi connectivity index (χ4n) is 11.8. The van der Waals surface area contributed by atoms with E-state index in [0.717, 1.165) is 120 Å². The molecule has 19 heteroatoms. The Balaban J connectivity index is 5.25. The molecule has 3 N–H and O–H groups in total. The Morgan fingerprint density at radius 3 is 0.732 bits per heavy atom. The Hall–Kier alpha value is -1.94. The largest absolute Gasteiger partial charge is 0.472 e. The van der Waals surface area contributed by atoms with Gasteiger partial charge in [0.25, 0.3) is 0 Å². The summed E-state index contributed by atoms with van der Waals surface area (Å²) in [5, 5.41) is 10.6. The fourth-order valence-corrected chi connectivity index (χ4v) is 13.4. The number of unbranched alkanes of at least 4 members (excludes halogenated alkanes) is 39. The van der Waals surface area contributed by atoms with Crippen molar-refractivity contribution in [3.63, 3.8) is 0 Å². The molecule has 4 unspecified atom stereocenters. The minimum atomic E-state index is -4.96. The lowest BCUT2D eigenvalue weighted by atomic mass is 9.99. The molecular formula is C78H152O17P2. The molecule has 0 saturated heterocycles. The van der Waals surface area contributed by atoms with Crippen molar-refractivity contribution >= 4 is 39.5 Å². The molecule has 0 bridgehead atoms. The molecule has 0 aromatic heterocycles. The molecule has 17 nitrogen and oxygen atoms in total. The van der Waals surface area contributed by atoms with Gasteiger partial charge in [0.05, 0.1) is 26.4 Å². The molecule has 97 heavy (non-hydrogen) atoms. The van der Waals surface area contributed by atoms with Gasteiger partial charge in [0, 0.05) is 25.7 Å². The number of carbonyl (C=O) groups excluding carboxylic acids is 4. The monoisotopic (exact) mass is 1420 g/mol. The summed E-state index contributed by atoms with van der Waals surface area (Å²) in [5.74, 6) is 0.982. The molecule has 0 fully saturated rings. The summed E-state index contributed by atoms with van der Waals surface area (Å²) < 4.78 is 68.6. The van der Waals surface area contributed by atoms with E-state index < -0.39 is 97.5 Å². The van der Waals surface area contributed by atoms with Crippen molar-refractivity contribution in [3.05, 3.63) is 0 Å². The Labute approximate surface area is 594 Å². The number of carbonyl (C=O) groups is 4. The highest BCUT2D eigenvalue weighted by molar-refractivity contribution is 7.47. The number of aliphatic hydroxyl groups excluding tert-OH is 1. The van der Waals surface area contributed by atoms with E-state index in [0.29, 0.717) is 25.7 Å². The van der Waals surface area contributed by atoms with Gasteiger partial charge in [0.15, 0.2) is 12.2 Å². The third-order valence-electron chi connectivity index (χ3n) is 18.8. The maximum atomic E-state index is 13.1. The van der Waals surface area contributed by atoms with Crippen LogP contribution >= 0.6 is 15.6 Å². The number of hydrogen-bond acceptors (Lipinski definition) is 15. The molecule has 0 rings (SSSR count). The van der Waals surface area contributed by atoms with E-state index in [9.17, 15) is 43.2 Å². The first-order chi connectivity index (χ1) is 46.7. The normalized spacial score (nSPS) is 14.6. The van der Waals surface area contributed by atoms with Crippen LogP contribution in [-0.2, 0) is 65.4 Å². The molecule has 576 valence electrons. The van der Waals surface area contributed by atoms with Crippen molar-refractivity contribution in [2.45, 2.75) is 414 Å². The van der Waals surface area contributed by atoms with E-state index in [2.05, 4.69) is 55.4 Å². The first-order valence-electron chi connectivity index (χ1n) is 40.3. The summed E-state index contributed by atoms with van der Waals surface area (Å²) in [6.07, 6.45) is 52.7. The van der Waals surface area contributed by atoms with Gasteiger partial charge in [-0.25, -0.2) is 9.13 Å². The summed E-state index contributed by atoms with van der Waals surface area (Å²) in [6.45, 7) is 14.2. The SMILES string of the molecule is CCC(C)CCCCCCCCCCC(=O)O[C@H](COC(=O)CCCCCCCCC(C)CC)COP(=O)(O)OC[C@H](O)COP(=O)(O)OC[C@@H](COC(=O)CCCCCCCCCCCCCCCCCC(C)C)OC(=O)CCCCCCCCCCCCCCCCC(C)C. The lowest BCUT2D eigenvalue weighted by Gasteiger charge is -2.21. The maximum absolute atomic E-state index is 13.1. The van der Waals surface area contributed by atoms with Gasteiger partial charge in [0.2, 0.25) is 0 Å². The highest BCUT2D eigenvalue weighted by Gasteiger charge is 2.30. The second-order valence-corrected chi connectivity index (χ2v) is 32.4. The second kappa shape index (κ2) is 67.2. The van der Waals surface area contributed by atoms with E-state index in [1.54, 1.807) is 0 Å². The highest BCUT2D eigenvalue weighted by atomic mass is 31.2. The fraction of sp³-hybridized carbons (Fsp3) is 0.949. The second-order valence-electron chi connectivity index (χ2n) is 29.5. The van der Waals surface area contributed by atoms with E-state index in [4.69, 9.17) is 37.0 Å². The topological polar surface area (TPSA) is 237 Å². The van der Waals surface area contributed by atoms with E-state index in [1.807, 2.05) is 0 Å². The van der Waals surface area contributed by atoms with Gasteiger partial charge in [-0.3, -0.25) is 37.3 Å². The summed E-state index contributed by atoms with van der Waals surface area (Å²) in [4.78, 5) is 72.9. The molecule has 0 heterocycles. The molecule has 0 aromatic rings. The van der Waals surface area contributed by atoms with Gasteiger partial charge in [-0.05, 0) is 49.4 Å². The Morgan fingerprint density at radius 1 is 0.289 bits per heavy atom. The number of phosphoric acid groups is 2. The minimum Gasteiger partial charge on any atom is -0.462 e. The number of ether oxygens (including phenoxy) is 4. The maximum Gasteiger partial charge on any atom is 0.472 e. The average Bonchev–Trinajstić information content (AvgIpc) is 1.96. The lowest BCUT2D eigenvalue weighted by molar-refractivity contribution is -0.161. The zero-order valence-corrected chi connectivity index (χ0v) is 65.5. The third-order valence-corrected chi connectivity index (χ3v) is 20.7. The van der Waals surface area contributed by atoms with Crippen molar-refractivity contribution in [2.24, 2.45) is 23.7 Å². The van der Waals surface area contributed by atoms with Crippen molar-refractivity contribution < 1.29 is 80.2 Å². The van der Waals surface area contributed by atoms with Crippen LogP contribution in [0.4, 0.5) is 0 Å². The Morgan fingerprint density at radius 2 is 0.495 bits per heavy atom. The minimum absolute atomic E-state index is 0.104. The number of esters is 4. The van der Waals surface area contributed by atoms with Crippen LogP contribution < -0.4 is 0 Å². The summed E-state index contributed by atoms with van der Waals surface area (Å²) in [5.41, 5.74) is 0. The zero-order valence-electron chi connectivity index (χ0n) is 63.7. The molecule has 0 saturated carbocycles. The first-order valence-corrected chi connectivity index (χ1v) is 43.3. The smallest absolute Gasteiger partial charge is 0.462 e. The summed E-state index contributed by atoms with van der Waals surface area (Å²) in [6, 6.07) is 0. The van der Waals surface area contributed by atoms with Crippen molar-refractivity contribution in [1.82, 2.24) is 0 Å². The van der Waals surface area contributed by atoms with Crippen molar-refractivity contribution in [2.75, 3.05) is 39.6 Å². The number of rotatable bonds is 75. The van der Waals surface area contributed by atoms with Gasteiger partial charge in [-0.1, -0.05) is 344 Å². The Bertz CT molecular complexity index is 1910. The summed E-state index contributed by atoms with van der Waals surface area (Å²) >= 11 is 0. The molecule has 0 radical (unpaired) electrons. The predicted molar refractivity (Wildman–Crippen MR) is 395 cm³/mol. The molecule has 0 spiro atoms. The third kappa shape index (κ3) is 69.5. The van der Waals surface area contributed by atoms with Gasteiger partial charge in [0.1, 0.15) is 19.3 Å². The first kappa shape index (κ1) is 95.1. The number of hydrogen-bond donors (Lipinski definition) is 3. The molecule has 0 amide bonds. The molecule has 0 aliphatic rings. The van der Waals surface area contributed by atoms with Crippen LogP contribution in [0.15, 0.2) is 0 Å². The van der Waals surface area contributed by atoms with E-state index in [-0.39, 0.29) is 25.7 Å². The van der Waals surface area contributed by atoms with Crippen LogP contribution in [0.25, 0.3) is 0 Å². The van der Waals surface area contributed by atoms with Crippen LogP contribution in [-0.4, -0.2) is 96.7 Å². The molecule has 7 atom stereocenters. The van der Waals surface area contributed by atoms with Crippen LogP contribution in [0.3, 0.4) is 0 Å². The van der Waals surface area contributed by atoms with Crippen molar-refractivity contribution in [3.8, 4) is 0 Å². The average molecular weight is 1420 g/mol. The van der Waals surface area contributed by atoms with Crippen LogP contribution in [0.1, 0.15) is 396 Å². The van der Waals surface area contributed by atoms with E-state index >= 15 is 0 Å². The van der Waals surface area contributed by atoms with Gasteiger partial charge < -0.3 is 33.8 Å². The zero-order chi connectivity index (χ0) is 71.7. The Kier molecular flexibility index (Phi) is 65.9. The van der Waals surface area contributed by atoms with Gasteiger partial charge in [-0.15, -0.1) is 0 Å². The summed E-state index contributed by atoms with van der Waals surface area (Å²) in [7, 11) is -9.92. The van der Waals surface area contributed by atoms with Crippen LogP contribution in [0.5, 0.6) is 0 Å². The van der Waals surface area contributed by atoms with Gasteiger partial charge >= 0.3 is 39.5 Å². The van der Waals surface area contributed by atoms with Crippen molar-refractivity contribution in [1.29, 1.82) is 0 Å². The standard InChI is InChI=1S/C78H152O17P2/c1-9-70(7)56-48-40-32-28-29-35-45-53-61-78(83)95-74(65-89-76(81)59-51-43-37-36-41-49-57-71(8)10-2)67-93-97(86,87)91-63-72(79)62-90-96(84,85)92-66-73(94-77(82)60-52-44-34-27-23-19-15-14-17-21-25-31-39-47-55-69(5)6)64-88-75(80)58-50-42-33-26-22-18-13-11-12-16-20-24-30-38-46-54-68(3)4/h68-74,79H,9-67H2,1-8H3,(H,84,85)(H,86,87)/t70?,71?,72-,73-,74-/m1/s1. The molecule has 0 aliphatic carbocycles. The highest BCUT2D eigenvalue weighted by Crippen LogP contribution is 2.45. The van der Waals surface area contributed by atoms with Gasteiger partial charge in [-0.2, -0.15) is 0 Å². The molecular weight excluding hydrogens is 1270 g/mol. The molecule has 0 aliphatic heterocycles. The predicted octanol–water partition coefficient (Wildman–Crippen LogP) is 22.8. The van der Waals surface area contributed by atoms with E-state index in [1.165, 1.54) is 193 Å². The molecule has 0 aromatic carbocycles. The number of phosphoric ester groups is 2. The van der Waals surface area contributed by atoms with Crippen LogP contribution in [0.2, 0.25) is 0 Å².